The Labute approximate surface area is 204 Å². The van der Waals surface area contributed by atoms with Crippen LogP contribution in [-0.4, -0.2) is 35.6 Å². The monoisotopic (exact) mass is 474 g/mol. The molecule has 0 spiro atoms. The Kier molecular flexibility index (Phi) is 8.94. The molecule has 0 fully saturated rings. The van der Waals surface area contributed by atoms with Gasteiger partial charge in [-0.3, -0.25) is 0 Å². The standard InChI is InChI=1S/C28H42O4S/c1-17-11-23(31-15-19(3)29)21(27(5,6)7)13-25(17)33-26-14-22(28(8,9)10)24(12-18(26)2)32-16-20(4)30/h11-14,19-20,29-30H,15-16H2,1-10H3. The maximum absolute atomic E-state index is 9.69. The van der Waals surface area contributed by atoms with Crippen molar-refractivity contribution in [2.24, 2.45) is 0 Å². The van der Waals surface area contributed by atoms with E-state index < -0.39 is 12.2 Å². The van der Waals surface area contributed by atoms with Crippen LogP contribution in [-0.2, 0) is 10.8 Å². The summed E-state index contributed by atoms with van der Waals surface area (Å²) in [6.45, 7) is 21.3. The van der Waals surface area contributed by atoms with Crippen LogP contribution in [0.5, 0.6) is 11.5 Å². The molecule has 4 nitrogen and oxygen atoms in total. The molecule has 2 atom stereocenters. The van der Waals surface area contributed by atoms with Crippen LogP contribution in [0.15, 0.2) is 34.1 Å². The fourth-order valence-corrected chi connectivity index (χ4v) is 4.52. The zero-order valence-electron chi connectivity index (χ0n) is 22.0. The normalized spacial score (nSPS) is 14.2. The highest BCUT2D eigenvalue weighted by Gasteiger charge is 2.24. The van der Waals surface area contributed by atoms with E-state index in [9.17, 15) is 10.2 Å². The summed E-state index contributed by atoms with van der Waals surface area (Å²) in [7, 11) is 0. The third-order valence-corrected chi connectivity index (χ3v) is 6.67. The summed E-state index contributed by atoms with van der Waals surface area (Å²) in [6.07, 6.45) is -1.03. The van der Waals surface area contributed by atoms with Gasteiger partial charge < -0.3 is 19.7 Å². The molecular weight excluding hydrogens is 432 g/mol. The zero-order valence-corrected chi connectivity index (χ0v) is 22.8. The van der Waals surface area contributed by atoms with Crippen molar-refractivity contribution in [1.29, 1.82) is 0 Å². The molecule has 2 N–H and O–H groups in total. The lowest BCUT2D eigenvalue weighted by Gasteiger charge is -2.26. The van der Waals surface area contributed by atoms with E-state index in [-0.39, 0.29) is 24.0 Å². The first kappa shape index (κ1) is 27.6. The number of rotatable bonds is 8. The van der Waals surface area contributed by atoms with E-state index in [2.05, 4.69) is 79.7 Å². The van der Waals surface area contributed by atoms with Gasteiger partial charge >= 0.3 is 0 Å². The minimum Gasteiger partial charge on any atom is -0.491 e. The van der Waals surface area contributed by atoms with Crippen LogP contribution in [0.3, 0.4) is 0 Å². The highest BCUT2D eigenvalue weighted by atomic mass is 32.2. The molecule has 0 saturated heterocycles. The molecule has 0 aliphatic heterocycles. The average molecular weight is 475 g/mol. The van der Waals surface area contributed by atoms with Crippen LogP contribution in [0.2, 0.25) is 0 Å². The van der Waals surface area contributed by atoms with Crippen molar-refractivity contribution >= 4 is 11.8 Å². The molecule has 0 amide bonds. The molecular formula is C28H42O4S. The van der Waals surface area contributed by atoms with Crippen LogP contribution in [0.25, 0.3) is 0 Å². The summed E-state index contributed by atoms with van der Waals surface area (Å²) in [5, 5.41) is 19.4. The van der Waals surface area contributed by atoms with E-state index in [1.165, 1.54) is 9.79 Å². The molecule has 5 heteroatoms. The first-order valence-corrected chi connectivity index (χ1v) is 12.5. The second-order valence-electron chi connectivity index (χ2n) is 11.1. The lowest BCUT2D eigenvalue weighted by Crippen LogP contribution is -2.18. The van der Waals surface area contributed by atoms with Crippen molar-refractivity contribution in [1.82, 2.24) is 0 Å². The van der Waals surface area contributed by atoms with Gasteiger partial charge in [-0.15, -0.1) is 0 Å². The van der Waals surface area contributed by atoms with Crippen molar-refractivity contribution in [3.05, 3.63) is 46.5 Å². The summed E-state index contributed by atoms with van der Waals surface area (Å²) in [5.41, 5.74) is 4.34. The second kappa shape index (κ2) is 10.7. The predicted octanol–water partition coefficient (Wildman–Crippen LogP) is 6.57. The Morgan fingerprint density at radius 3 is 1.30 bits per heavy atom. The first-order valence-electron chi connectivity index (χ1n) is 11.7. The third kappa shape index (κ3) is 7.66. The molecule has 0 radical (unpaired) electrons. The maximum Gasteiger partial charge on any atom is 0.123 e. The Balaban J connectivity index is 2.51. The number of ether oxygens (including phenoxy) is 2. The van der Waals surface area contributed by atoms with E-state index in [1.54, 1.807) is 25.6 Å². The number of aliphatic hydroxyl groups excluding tert-OH is 2. The lowest BCUT2D eigenvalue weighted by atomic mass is 9.85. The van der Waals surface area contributed by atoms with Crippen LogP contribution in [0.4, 0.5) is 0 Å². The van der Waals surface area contributed by atoms with E-state index in [0.29, 0.717) is 0 Å². The summed E-state index contributed by atoms with van der Waals surface area (Å²) in [4.78, 5) is 2.37. The molecule has 0 bridgehead atoms. The fraction of sp³-hybridized carbons (Fsp3) is 0.571. The molecule has 2 aromatic rings. The third-order valence-electron chi connectivity index (χ3n) is 5.35. The van der Waals surface area contributed by atoms with Gasteiger partial charge in [-0.2, -0.15) is 0 Å². The van der Waals surface area contributed by atoms with Gasteiger partial charge in [-0.05, 0) is 73.9 Å². The predicted molar refractivity (Wildman–Crippen MR) is 138 cm³/mol. The molecule has 2 unspecified atom stereocenters. The molecule has 2 rings (SSSR count). The summed E-state index contributed by atoms with van der Waals surface area (Å²) in [5.74, 6) is 1.67. The Morgan fingerprint density at radius 1 is 0.697 bits per heavy atom. The quantitative estimate of drug-likeness (QED) is 0.453. The maximum atomic E-state index is 9.69. The van der Waals surface area contributed by atoms with E-state index in [4.69, 9.17) is 9.47 Å². The summed E-state index contributed by atoms with van der Waals surface area (Å²) in [6, 6.07) is 8.63. The van der Waals surface area contributed by atoms with Crippen LogP contribution in [0, 0.1) is 13.8 Å². The van der Waals surface area contributed by atoms with Crippen molar-refractivity contribution in [2.75, 3.05) is 13.2 Å². The van der Waals surface area contributed by atoms with Gasteiger partial charge in [0.05, 0.1) is 12.2 Å². The van der Waals surface area contributed by atoms with E-state index in [1.807, 2.05) is 0 Å². The van der Waals surface area contributed by atoms with Gasteiger partial charge in [0.1, 0.15) is 24.7 Å². The minimum absolute atomic E-state index is 0.0959. The number of aryl methyl sites for hydroxylation is 2. The topological polar surface area (TPSA) is 58.9 Å². The fourth-order valence-electron chi connectivity index (χ4n) is 3.49. The van der Waals surface area contributed by atoms with Gasteiger partial charge in [0.2, 0.25) is 0 Å². The molecule has 33 heavy (non-hydrogen) atoms. The van der Waals surface area contributed by atoms with Gasteiger partial charge in [0.25, 0.3) is 0 Å². The Bertz CT molecular complexity index is 872. The number of hydrogen-bond acceptors (Lipinski definition) is 5. The van der Waals surface area contributed by atoms with Gasteiger partial charge in [-0.1, -0.05) is 53.3 Å². The number of aliphatic hydroxyl groups is 2. The number of benzene rings is 2. The van der Waals surface area contributed by atoms with Crippen LogP contribution in [0.1, 0.15) is 77.6 Å². The van der Waals surface area contributed by atoms with Crippen molar-refractivity contribution < 1.29 is 19.7 Å². The van der Waals surface area contributed by atoms with Crippen LogP contribution >= 0.6 is 11.8 Å². The first-order chi connectivity index (χ1) is 15.1. The van der Waals surface area contributed by atoms with Crippen LogP contribution < -0.4 is 9.47 Å². The van der Waals surface area contributed by atoms with Crippen molar-refractivity contribution in [3.63, 3.8) is 0 Å². The summed E-state index contributed by atoms with van der Waals surface area (Å²) < 4.78 is 11.9. The Morgan fingerprint density at radius 2 is 1.03 bits per heavy atom. The second-order valence-corrected chi connectivity index (χ2v) is 12.2. The largest absolute Gasteiger partial charge is 0.491 e. The molecule has 0 aliphatic rings. The number of hydrogen-bond donors (Lipinski definition) is 2. The molecule has 0 heterocycles. The molecule has 0 aromatic heterocycles. The molecule has 0 saturated carbocycles. The van der Waals surface area contributed by atoms with Crippen molar-refractivity contribution in [3.8, 4) is 11.5 Å². The van der Waals surface area contributed by atoms with Gasteiger partial charge in [-0.25, -0.2) is 0 Å². The highest BCUT2D eigenvalue weighted by molar-refractivity contribution is 7.99. The molecule has 2 aromatic carbocycles. The SMILES string of the molecule is Cc1cc(OCC(C)O)c(C(C)(C)C)cc1Sc1cc(C(C)(C)C)c(OCC(C)O)cc1C. The Hall–Kier alpha value is -1.69. The van der Waals surface area contributed by atoms with Gasteiger partial charge in [0, 0.05) is 20.9 Å². The van der Waals surface area contributed by atoms with E-state index >= 15 is 0 Å². The lowest BCUT2D eigenvalue weighted by molar-refractivity contribution is 0.121. The average Bonchev–Trinajstić information content (AvgIpc) is 2.65. The van der Waals surface area contributed by atoms with E-state index in [0.717, 1.165) is 33.8 Å². The highest BCUT2D eigenvalue weighted by Crippen LogP contribution is 2.43. The van der Waals surface area contributed by atoms with Gasteiger partial charge in [0.15, 0.2) is 0 Å². The zero-order chi connectivity index (χ0) is 25.1. The van der Waals surface area contributed by atoms with Crippen molar-refractivity contribution in [2.45, 2.75) is 102 Å². The summed E-state index contributed by atoms with van der Waals surface area (Å²) >= 11 is 1.76. The minimum atomic E-state index is -0.514. The smallest absolute Gasteiger partial charge is 0.123 e. The molecule has 0 aliphatic carbocycles. The molecule has 184 valence electrons.